The molecule has 1 atom stereocenters. The van der Waals surface area contributed by atoms with Crippen molar-refractivity contribution >= 4 is 11.7 Å². The van der Waals surface area contributed by atoms with Crippen molar-refractivity contribution in [2.45, 2.75) is 12.8 Å². The first-order valence-electron chi connectivity index (χ1n) is 5.48. The van der Waals surface area contributed by atoms with Gasteiger partial charge in [0.15, 0.2) is 11.6 Å². The Labute approximate surface area is 97.7 Å². The van der Waals surface area contributed by atoms with Crippen molar-refractivity contribution in [1.82, 2.24) is 0 Å². The van der Waals surface area contributed by atoms with Crippen LogP contribution in [0.5, 0.6) is 0 Å². The lowest BCUT2D eigenvalue weighted by Crippen LogP contribution is -2.20. The molecule has 92 valence electrons. The molecule has 1 aliphatic heterocycles. The zero-order valence-electron chi connectivity index (χ0n) is 9.20. The topological polar surface area (TPSA) is 40.5 Å². The second-order valence-electron chi connectivity index (χ2n) is 4.30. The smallest absolute Gasteiger partial charge is 0.303 e. The van der Waals surface area contributed by atoms with Crippen LogP contribution in [0.2, 0.25) is 0 Å². The lowest BCUT2D eigenvalue weighted by atomic mass is 10.1. The number of hydrogen-bond acceptors (Lipinski definition) is 2. The lowest BCUT2D eigenvalue weighted by molar-refractivity contribution is -0.137. The molecule has 0 amide bonds. The van der Waals surface area contributed by atoms with Gasteiger partial charge in [0.1, 0.15) is 0 Å². The van der Waals surface area contributed by atoms with Gasteiger partial charge in [-0.25, -0.2) is 8.78 Å². The highest BCUT2D eigenvalue weighted by Crippen LogP contribution is 2.26. The highest BCUT2D eigenvalue weighted by molar-refractivity contribution is 5.67. The Balaban J connectivity index is 2.04. The number of benzene rings is 1. The number of aliphatic carboxylic acids is 1. The monoisotopic (exact) mass is 241 g/mol. The maximum absolute atomic E-state index is 13.0. The molecule has 0 aliphatic carbocycles. The molecule has 0 spiro atoms. The molecule has 2 rings (SSSR count). The number of carboxylic acid groups (broad SMARTS) is 1. The van der Waals surface area contributed by atoms with Gasteiger partial charge in [-0.2, -0.15) is 0 Å². The van der Waals surface area contributed by atoms with Gasteiger partial charge in [0.25, 0.3) is 0 Å². The van der Waals surface area contributed by atoms with Crippen LogP contribution in [-0.4, -0.2) is 24.2 Å². The molecule has 5 heteroatoms. The van der Waals surface area contributed by atoms with Crippen LogP contribution in [0.1, 0.15) is 12.8 Å². The summed E-state index contributed by atoms with van der Waals surface area (Å²) in [6.45, 7) is 1.26. The van der Waals surface area contributed by atoms with Gasteiger partial charge >= 0.3 is 5.97 Å². The van der Waals surface area contributed by atoms with E-state index in [4.69, 9.17) is 5.11 Å². The van der Waals surface area contributed by atoms with Gasteiger partial charge in [-0.05, 0) is 24.5 Å². The Morgan fingerprint density at radius 3 is 2.82 bits per heavy atom. The normalized spacial score (nSPS) is 19.6. The minimum absolute atomic E-state index is 0.0839. The Morgan fingerprint density at radius 2 is 2.18 bits per heavy atom. The van der Waals surface area contributed by atoms with Crippen LogP contribution < -0.4 is 4.90 Å². The second kappa shape index (κ2) is 4.69. The third-order valence-corrected chi connectivity index (χ3v) is 3.02. The Morgan fingerprint density at radius 1 is 1.41 bits per heavy atom. The standard InChI is InChI=1S/C12H13F2NO2/c13-10-2-1-9(6-11(10)14)15-4-3-8(7-15)5-12(16)17/h1-2,6,8H,3-5,7H2,(H,16,17). The molecular weight excluding hydrogens is 228 g/mol. The molecule has 1 heterocycles. The van der Waals surface area contributed by atoms with Gasteiger partial charge in [-0.3, -0.25) is 4.79 Å². The molecule has 0 bridgehead atoms. The summed E-state index contributed by atoms with van der Waals surface area (Å²) in [5.41, 5.74) is 0.608. The van der Waals surface area contributed by atoms with E-state index in [-0.39, 0.29) is 12.3 Å². The largest absolute Gasteiger partial charge is 0.481 e. The van der Waals surface area contributed by atoms with Gasteiger partial charge in [0.2, 0.25) is 0 Å². The zero-order chi connectivity index (χ0) is 12.4. The fourth-order valence-electron chi connectivity index (χ4n) is 2.16. The molecule has 1 aromatic carbocycles. The van der Waals surface area contributed by atoms with Crippen molar-refractivity contribution in [2.75, 3.05) is 18.0 Å². The summed E-state index contributed by atoms with van der Waals surface area (Å²) in [4.78, 5) is 12.5. The molecule has 1 aromatic rings. The minimum Gasteiger partial charge on any atom is -0.481 e. The SMILES string of the molecule is O=C(O)CC1CCN(c2ccc(F)c(F)c2)C1. The number of anilines is 1. The summed E-state index contributed by atoms with van der Waals surface area (Å²) in [6, 6.07) is 3.76. The number of nitrogens with zero attached hydrogens (tertiary/aromatic N) is 1. The number of rotatable bonds is 3. The van der Waals surface area contributed by atoms with Crippen molar-refractivity contribution in [3.05, 3.63) is 29.8 Å². The highest BCUT2D eigenvalue weighted by Gasteiger charge is 2.25. The first kappa shape index (κ1) is 11.8. The second-order valence-corrected chi connectivity index (χ2v) is 4.30. The van der Waals surface area contributed by atoms with Crippen molar-refractivity contribution in [3.8, 4) is 0 Å². The van der Waals surface area contributed by atoms with E-state index in [1.807, 2.05) is 4.90 Å². The van der Waals surface area contributed by atoms with Crippen LogP contribution in [-0.2, 0) is 4.79 Å². The molecular formula is C12H13F2NO2. The van der Waals surface area contributed by atoms with Crippen LogP contribution in [0, 0.1) is 17.6 Å². The van der Waals surface area contributed by atoms with Crippen LogP contribution in [0.3, 0.4) is 0 Å². The molecule has 1 saturated heterocycles. The molecule has 1 unspecified atom stereocenters. The first-order chi connectivity index (χ1) is 8.06. The van der Waals surface area contributed by atoms with E-state index in [0.29, 0.717) is 18.8 Å². The van der Waals surface area contributed by atoms with Gasteiger partial charge in [-0.1, -0.05) is 0 Å². The van der Waals surface area contributed by atoms with Crippen molar-refractivity contribution in [2.24, 2.45) is 5.92 Å². The maximum Gasteiger partial charge on any atom is 0.303 e. The number of halogens is 2. The van der Waals surface area contributed by atoms with Gasteiger partial charge in [0, 0.05) is 31.3 Å². The van der Waals surface area contributed by atoms with Crippen LogP contribution in [0.15, 0.2) is 18.2 Å². The molecule has 17 heavy (non-hydrogen) atoms. The summed E-state index contributed by atoms with van der Waals surface area (Å²) >= 11 is 0. The third-order valence-electron chi connectivity index (χ3n) is 3.02. The summed E-state index contributed by atoms with van der Waals surface area (Å²) in [5.74, 6) is -2.47. The lowest BCUT2D eigenvalue weighted by Gasteiger charge is -2.18. The highest BCUT2D eigenvalue weighted by atomic mass is 19.2. The van der Waals surface area contributed by atoms with Crippen LogP contribution in [0.4, 0.5) is 14.5 Å². The minimum atomic E-state index is -0.871. The van der Waals surface area contributed by atoms with E-state index in [1.54, 1.807) is 0 Å². The molecule has 1 N–H and O–H groups in total. The molecule has 1 aliphatic rings. The van der Waals surface area contributed by atoms with E-state index in [2.05, 4.69) is 0 Å². The van der Waals surface area contributed by atoms with Gasteiger partial charge < -0.3 is 10.0 Å². The predicted molar refractivity (Wildman–Crippen MR) is 58.9 cm³/mol. The number of carbonyl (C=O) groups is 1. The maximum atomic E-state index is 13.0. The molecule has 1 fully saturated rings. The van der Waals surface area contributed by atoms with Gasteiger partial charge in [-0.15, -0.1) is 0 Å². The van der Waals surface area contributed by atoms with E-state index in [0.717, 1.165) is 18.6 Å². The van der Waals surface area contributed by atoms with Crippen molar-refractivity contribution in [1.29, 1.82) is 0 Å². The zero-order valence-corrected chi connectivity index (χ0v) is 9.20. The fourth-order valence-corrected chi connectivity index (χ4v) is 2.16. The van der Waals surface area contributed by atoms with E-state index in [9.17, 15) is 13.6 Å². The molecule has 3 nitrogen and oxygen atoms in total. The van der Waals surface area contributed by atoms with Crippen LogP contribution >= 0.6 is 0 Å². The van der Waals surface area contributed by atoms with Crippen molar-refractivity contribution in [3.63, 3.8) is 0 Å². The summed E-state index contributed by atoms with van der Waals surface area (Å²) < 4.78 is 25.8. The Hall–Kier alpha value is -1.65. The fraction of sp³-hybridized carbons (Fsp3) is 0.417. The average Bonchev–Trinajstić information content (AvgIpc) is 2.69. The molecule has 0 aromatic heterocycles. The van der Waals surface area contributed by atoms with E-state index in [1.165, 1.54) is 6.07 Å². The first-order valence-corrected chi connectivity index (χ1v) is 5.48. The molecule has 0 radical (unpaired) electrons. The van der Waals surface area contributed by atoms with E-state index < -0.39 is 17.6 Å². The number of hydrogen-bond donors (Lipinski definition) is 1. The molecule has 0 saturated carbocycles. The Bertz CT molecular complexity index is 437. The quantitative estimate of drug-likeness (QED) is 0.882. The summed E-state index contributed by atoms with van der Waals surface area (Å²) in [7, 11) is 0. The van der Waals surface area contributed by atoms with Crippen molar-refractivity contribution < 1.29 is 18.7 Å². The summed E-state index contributed by atoms with van der Waals surface area (Å²) in [5, 5.41) is 8.68. The Kier molecular flexibility index (Phi) is 3.26. The van der Waals surface area contributed by atoms with Crippen LogP contribution in [0.25, 0.3) is 0 Å². The predicted octanol–water partition coefficient (Wildman–Crippen LogP) is 2.27. The average molecular weight is 241 g/mol. The van der Waals surface area contributed by atoms with Gasteiger partial charge in [0.05, 0.1) is 0 Å². The summed E-state index contributed by atoms with van der Waals surface area (Å²) in [6.07, 6.45) is 0.894. The third kappa shape index (κ3) is 2.72. The van der Waals surface area contributed by atoms with E-state index >= 15 is 0 Å². The number of carboxylic acids is 1.